The summed E-state index contributed by atoms with van der Waals surface area (Å²) in [5.41, 5.74) is 0. The summed E-state index contributed by atoms with van der Waals surface area (Å²) in [5.74, 6) is 0. The Morgan fingerprint density at radius 1 is 1.14 bits per heavy atom. The highest BCUT2D eigenvalue weighted by Gasteiger charge is 2.52. The second kappa shape index (κ2) is 2.78. The molecular formula is C10H21N4+3. The molecule has 3 fully saturated rings. The summed E-state index contributed by atoms with van der Waals surface area (Å²) in [4.78, 5) is 4.63. The molecule has 14 heavy (non-hydrogen) atoms. The summed E-state index contributed by atoms with van der Waals surface area (Å²) in [5, 5.41) is 2.23. The van der Waals surface area contributed by atoms with Crippen molar-refractivity contribution in [3.63, 3.8) is 0 Å². The first-order valence-corrected chi connectivity index (χ1v) is 5.77. The fraction of sp³-hybridized carbons (Fsp3) is 0.900. The van der Waals surface area contributed by atoms with Gasteiger partial charge in [0.05, 0.1) is 7.05 Å². The standard InChI is InChI=1S/C10H20N4/c1-13-2-5-14(6-3-13,7-4-13)10-8-11-9-12-10/h9-10H,2-8H2,1H3,(H,11,12)/q+2/p+1. The highest BCUT2D eigenvalue weighted by Crippen LogP contribution is 2.27. The van der Waals surface area contributed by atoms with E-state index < -0.39 is 0 Å². The Kier molecular flexibility index (Phi) is 1.75. The van der Waals surface area contributed by atoms with Crippen LogP contribution >= 0.6 is 0 Å². The Bertz CT molecular complexity index is 249. The second-order valence-corrected chi connectivity index (χ2v) is 5.43. The van der Waals surface area contributed by atoms with Crippen LogP contribution in [-0.4, -0.2) is 74.3 Å². The Hall–Kier alpha value is -0.450. The lowest BCUT2D eigenvalue weighted by atomic mass is 10.1. The third kappa shape index (κ3) is 1.14. The number of nitrogens with two attached hydrogens (primary N) is 1. The number of quaternary nitrogens is 3. The Balaban J connectivity index is 1.81. The normalized spacial score (nSPS) is 51.4. The number of fused-ring (bicyclic) bond motifs is 3. The molecule has 0 radical (unpaired) electrons. The van der Waals surface area contributed by atoms with Gasteiger partial charge in [-0.05, 0) is 0 Å². The summed E-state index contributed by atoms with van der Waals surface area (Å²) >= 11 is 0. The van der Waals surface area contributed by atoms with Gasteiger partial charge in [0.15, 0.2) is 12.9 Å². The molecule has 0 saturated carbocycles. The predicted molar refractivity (Wildman–Crippen MR) is 54.7 cm³/mol. The molecule has 0 aromatic carbocycles. The molecule has 1 atom stereocenters. The van der Waals surface area contributed by atoms with Crippen LogP contribution in [0.4, 0.5) is 0 Å². The molecular weight excluding hydrogens is 176 g/mol. The van der Waals surface area contributed by atoms with Crippen LogP contribution in [0.5, 0.6) is 0 Å². The zero-order valence-corrected chi connectivity index (χ0v) is 9.02. The molecule has 4 aliphatic rings. The summed E-state index contributed by atoms with van der Waals surface area (Å²) < 4.78 is 2.61. The van der Waals surface area contributed by atoms with Crippen LogP contribution in [0.3, 0.4) is 0 Å². The number of likely N-dealkylation sites (N-methyl/N-ethyl adjacent to an activating group) is 1. The summed E-state index contributed by atoms with van der Waals surface area (Å²) in [6, 6.07) is 0. The first kappa shape index (κ1) is 8.83. The van der Waals surface area contributed by atoms with Gasteiger partial charge in [-0.3, -0.25) is 9.80 Å². The maximum Gasteiger partial charge on any atom is 0.237 e. The van der Waals surface area contributed by atoms with Gasteiger partial charge in [0.25, 0.3) is 0 Å². The van der Waals surface area contributed by atoms with Crippen molar-refractivity contribution in [3.05, 3.63) is 0 Å². The quantitative estimate of drug-likeness (QED) is 0.481. The second-order valence-electron chi connectivity index (χ2n) is 5.43. The maximum atomic E-state index is 4.63. The fourth-order valence-corrected chi connectivity index (χ4v) is 3.21. The molecule has 0 amide bonds. The van der Waals surface area contributed by atoms with Gasteiger partial charge < -0.3 is 4.48 Å². The van der Waals surface area contributed by atoms with E-state index in [4.69, 9.17) is 0 Å². The van der Waals surface area contributed by atoms with Gasteiger partial charge >= 0.3 is 0 Å². The minimum atomic E-state index is 0.573. The highest BCUT2D eigenvalue weighted by atomic mass is 15.6. The van der Waals surface area contributed by atoms with Crippen molar-refractivity contribution in [1.82, 2.24) is 0 Å². The average Bonchev–Trinajstić information content (AvgIpc) is 2.73. The van der Waals surface area contributed by atoms with E-state index >= 15 is 0 Å². The van der Waals surface area contributed by atoms with E-state index in [1.54, 1.807) is 0 Å². The van der Waals surface area contributed by atoms with Crippen molar-refractivity contribution in [2.45, 2.75) is 6.17 Å². The van der Waals surface area contributed by atoms with Crippen molar-refractivity contribution in [2.24, 2.45) is 4.99 Å². The maximum absolute atomic E-state index is 4.63. The first-order valence-electron chi connectivity index (χ1n) is 5.77. The smallest absolute Gasteiger partial charge is 0.237 e. The summed E-state index contributed by atoms with van der Waals surface area (Å²) in [7, 11) is 2.41. The number of hydrogen-bond acceptors (Lipinski definition) is 1. The Morgan fingerprint density at radius 3 is 2.29 bits per heavy atom. The molecule has 2 bridgehead atoms. The topological polar surface area (TPSA) is 29.0 Å². The van der Waals surface area contributed by atoms with E-state index in [1.165, 1.54) is 54.8 Å². The van der Waals surface area contributed by atoms with Crippen LogP contribution in [0.15, 0.2) is 4.99 Å². The van der Waals surface area contributed by atoms with E-state index in [9.17, 15) is 0 Å². The van der Waals surface area contributed by atoms with Crippen molar-refractivity contribution in [3.8, 4) is 0 Å². The van der Waals surface area contributed by atoms with Gasteiger partial charge in [0.2, 0.25) is 6.17 Å². The lowest BCUT2D eigenvalue weighted by molar-refractivity contribution is -1.08. The molecule has 2 N–H and O–H groups in total. The van der Waals surface area contributed by atoms with Crippen LogP contribution in [0.1, 0.15) is 0 Å². The lowest BCUT2D eigenvalue weighted by Crippen LogP contribution is -2.85. The van der Waals surface area contributed by atoms with Crippen LogP contribution in [0, 0.1) is 0 Å². The molecule has 3 saturated heterocycles. The Labute approximate surface area is 85.4 Å². The molecule has 0 spiro atoms. The van der Waals surface area contributed by atoms with E-state index in [1.807, 2.05) is 6.34 Å². The van der Waals surface area contributed by atoms with Crippen LogP contribution in [0.2, 0.25) is 0 Å². The predicted octanol–water partition coefficient (Wildman–Crippen LogP) is -1.79. The molecule has 78 valence electrons. The van der Waals surface area contributed by atoms with Gasteiger partial charge in [-0.1, -0.05) is 0 Å². The third-order valence-corrected chi connectivity index (χ3v) is 4.60. The van der Waals surface area contributed by atoms with E-state index in [0.717, 1.165) is 0 Å². The van der Waals surface area contributed by atoms with Gasteiger partial charge in [0, 0.05) is 0 Å². The van der Waals surface area contributed by atoms with E-state index in [0.29, 0.717) is 6.17 Å². The van der Waals surface area contributed by atoms with Crippen LogP contribution in [0.25, 0.3) is 0 Å². The molecule has 4 nitrogen and oxygen atoms in total. The minimum Gasteiger partial charge on any atom is -0.312 e. The van der Waals surface area contributed by atoms with Gasteiger partial charge in [0.1, 0.15) is 39.3 Å². The molecule has 0 aromatic rings. The molecule has 4 aliphatic heterocycles. The molecule has 0 aliphatic carbocycles. The first-order chi connectivity index (χ1) is 6.73. The van der Waals surface area contributed by atoms with Crippen LogP contribution < -0.4 is 5.32 Å². The molecule has 4 rings (SSSR count). The van der Waals surface area contributed by atoms with Crippen molar-refractivity contribution in [2.75, 3.05) is 52.9 Å². The number of nitrogens with zero attached hydrogens (tertiary/aromatic N) is 3. The summed E-state index contributed by atoms with van der Waals surface area (Å²) in [6.45, 7) is 9.35. The van der Waals surface area contributed by atoms with Crippen LogP contribution in [-0.2, 0) is 0 Å². The van der Waals surface area contributed by atoms with Crippen molar-refractivity contribution >= 4 is 6.34 Å². The number of rotatable bonds is 1. The van der Waals surface area contributed by atoms with E-state index in [2.05, 4.69) is 17.4 Å². The third-order valence-electron chi connectivity index (χ3n) is 4.60. The number of hydrogen-bond donors (Lipinski definition) is 1. The van der Waals surface area contributed by atoms with Crippen molar-refractivity contribution in [1.29, 1.82) is 0 Å². The minimum absolute atomic E-state index is 0.573. The molecule has 4 heterocycles. The van der Waals surface area contributed by atoms with Gasteiger partial charge in [-0.25, -0.2) is 0 Å². The van der Waals surface area contributed by atoms with E-state index in [-0.39, 0.29) is 0 Å². The molecule has 0 aromatic heterocycles. The average molecular weight is 197 g/mol. The SMILES string of the molecule is C[N+]12CC[N+](C3C[NH2+]C=N3)(CC1)CC2. The number of aliphatic imine (C=N–C) groups is 1. The molecule has 4 heteroatoms. The lowest BCUT2D eigenvalue weighted by Gasteiger charge is -2.54. The summed E-state index contributed by atoms with van der Waals surface area (Å²) in [6.07, 6.45) is 2.60. The molecule has 1 unspecified atom stereocenters. The van der Waals surface area contributed by atoms with Gasteiger partial charge in [-0.15, -0.1) is 0 Å². The highest BCUT2D eigenvalue weighted by molar-refractivity contribution is 5.43. The van der Waals surface area contributed by atoms with Crippen molar-refractivity contribution < 1.29 is 14.3 Å². The Morgan fingerprint density at radius 2 is 1.79 bits per heavy atom. The monoisotopic (exact) mass is 197 g/mol. The number of piperazine rings is 3. The fourth-order valence-electron chi connectivity index (χ4n) is 3.21. The van der Waals surface area contributed by atoms with Gasteiger partial charge in [-0.2, -0.15) is 4.99 Å². The zero-order valence-electron chi connectivity index (χ0n) is 9.02. The zero-order chi connectivity index (χ0) is 9.65. The largest absolute Gasteiger partial charge is 0.312 e.